The Morgan fingerprint density at radius 1 is 1.24 bits per heavy atom. The first-order chi connectivity index (χ1) is 8.16. The lowest BCUT2D eigenvalue weighted by Gasteiger charge is -2.18. The Hall–Kier alpha value is -1.03. The van der Waals surface area contributed by atoms with E-state index in [2.05, 4.69) is 23.8 Å². The van der Waals surface area contributed by atoms with Gasteiger partial charge >= 0.3 is 0 Å². The monoisotopic (exact) mass is 236 g/mol. The minimum Gasteiger partial charge on any atom is -0.384 e. The fourth-order valence-corrected chi connectivity index (χ4v) is 2.48. The van der Waals surface area contributed by atoms with E-state index in [4.69, 9.17) is 5.73 Å². The van der Waals surface area contributed by atoms with Crippen LogP contribution in [0.4, 0.5) is 5.82 Å². The Kier molecular flexibility index (Phi) is 4.05. The van der Waals surface area contributed by atoms with Crippen LogP contribution in [0.25, 0.3) is 0 Å². The standard InChI is InChI=1S/C13H24N4/c1-11(2)17-13(14)9-12(15-17)10-16-7-5-3-4-6-8-16/h9,11H,3-8,10,14H2,1-2H3. The molecule has 0 aromatic carbocycles. The molecule has 96 valence electrons. The van der Waals surface area contributed by atoms with Gasteiger partial charge < -0.3 is 5.73 Å². The van der Waals surface area contributed by atoms with Crippen molar-refractivity contribution in [3.05, 3.63) is 11.8 Å². The molecule has 1 aromatic heterocycles. The van der Waals surface area contributed by atoms with Gasteiger partial charge in [-0.3, -0.25) is 4.90 Å². The molecule has 0 spiro atoms. The zero-order chi connectivity index (χ0) is 12.3. The van der Waals surface area contributed by atoms with Crippen LogP contribution in [0, 0.1) is 0 Å². The summed E-state index contributed by atoms with van der Waals surface area (Å²) in [5.41, 5.74) is 7.07. The molecule has 0 bridgehead atoms. The van der Waals surface area contributed by atoms with Crippen molar-refractivity contribution in [2.75, 3.05) is 18.8 Å². The first-order valence-electron chi connectivity index (χ1n) is 6.73. The smallest absolute Gasteiger partial charge is 0.122 e. The molecule has 1 aromatic rings. The summed E-state index contributed by atoms with van der Waals surface area (Å²) in [4.78, 5) is 2.50. The van der Waals surface area contributed by atoms with Crippen LogP contribution in [-0.4, -0.2) is 27.8 Å². The van der Waals surface area contributed by atoms with Gasteiger partial charge in [0.1, 0.15) is 5.82 Å². The van der Waals surface area contributed by atoms with E-state index in [0.717, 1.165) is 18.1 Å². The minimum atomic E-state index is 0.341. The summed E-state index contributed by atoms with van der Waals surface area (Å²) < 4.78 is 1.91. The molecular formula is C13H24N4. The van der Waals surface area contributed by atoms with E-state index in [9.17, 15) is 0 Å². The number of rotatable bonds is 3. The van der Waals surface area contributed by atoms with Crippen LogP contribution in [-0.2, 0) is 6.54 Å². The molecule has 0 atom stereocenters. The summed E-state index contributed by atoms with van der Waals surface area (Å²) in [6.45, 7) is 7.57. The van der Waals surface area contributed by atoms with Gasteiger partial charge in [-0.15, -0.1) is 0 Å². The highest BCUT2D eigenvalue weighted by Gasteiger charge is 2.13. The average molecular weight is 236 g/mol. The van der Waals surface area contributed by atoms with Crippen LogP contribution in [0.5, 0.6) is 0 Å². The first-order valence-corrected chi connectivity index (χ1v) is 6.73. The van der Waals surface area contributed by atoms with Gasteiger partial charge in [0.2, 0.25) is 0 Å². The zero-order valence-corrected chi connectivity index (χ0v) is 11.0. The minimum absolute atomic E-state index is 0.341. The molecule has 4 heteroatoms. The van der Waals surface area contributed by atoms with Crippen LogP contribution in [0.2, 0.25) is 0 Å². The third-order valence-electron chi connectivity index (χ3n) is 3.39. The highest BCUT2D eigenvalue weighted by Crippen LogP contribution is 2.16. The number of hydrogen-bond donors (Lipinski definition) is 1. The molecular weight excluding hydrogens is 212 g/mol. The Morgan fingerprint density at radius 2 is 1.88 bits per heavy atom. The molecule has 0 amide bonds. The third-order valence-corrected chi connectivity index (χ3v) is 3.39. The summed E-state index contributed by atoms with van der Waals surface area (Å²) in [6.07, 6.45) is 5.39. The predicted molar refractivity (Wildman–Crippen MR) is 70.8 cm³/mol. The van der Waals surface area contributed by atoms with Gasteiger partial charge in [0.05, 0.1) is 5.69 Å². The first kappa shape index (κ1) is 12.4. The van der Waals surface area contributed by atoms with Crippen LogP contribution >= 0.6 is 0 Å². The maximum Gasteiger partial charge on any atom is 0.122 e. The van der Waals surface area contributed by atoms with Crippen molar-refractivity contribution in [1.82, 2.24) is 14.7 Å². The Morgan fingerprint density at radius 3 is 2.41 bits per heavy atom. The van der Waals surface area contributed by atoms with E-state index in [-0.39, 0.29) is 0 Å². The maximum atomic E-state index is 5.96. The van der Waals surface area contributed by atoms with Crippen LogP contribution < -0.4 is 5.73 Å². The average Bonchev–Trinajstić information content (AvgIpc) is 2.50. The molecule has 17 heavy (non-hydrogen) atoms. The maximum absolute atomic E-state index is 5.96. The summed E-state index contributed by atoms with van der Waals surface area (Å²) >= 11 is 0. The van der Waals surface area contributed by atoms with Crippen molar-refractivity contribution < 1.29 is 0 Å². The van der Waals surface area contributed by atoms with E-state index in [1.165, 1.54) is 38.8 Å². The highest BCUT2D eigenvalue weighted by atomic mass is 15.3. The lowest BCUT2D eigenvalue weighted by atomic mass is 10.2. The topological polar surface area (TPSA) is 47.1 Å². The number of hydrogen-bond acceptors (Lipinski definition) is 3. The lowest BCUT2D eigenvalue weighted by molar-refractivity contribution is 0.272. The molecule has 2 rings (SSSR count). The summed E-state index contributed by atoms with van der Waals surface area (Å²) in [6, 6.07) is 2.36. The molecule has 4 nitrogen and oxygen atoms in total. The largest absolute Gasteiger partial charge is 0.384 e. The predicted octanol–water partition coefficient (Wildman–Crippen LogP) is 2.42. The summed E-state index contributed by atoms with van der Waals surface area (Å²) in [5.74, 6) is 0.782. The fraction of sp³-hybridized carbons (Fsp3) is 0.769. The van der Waals surface area contributed by atoms with Gasteiger partial charge in [-0.25, -0.2) is 4.68 Å². The number of aromatic nitrogens is 2. The van der Waals surface area contributed by atoms with Crippen LogP contribution in [0.15, 0.2) is 6.07 Å². The molecule has 1 fully saturated rings. The van der Waals surface area contributed by atoms with E-state index in [1.54, 1.807) is 0 Å². The molecule has 0 saturated carbocycles. The molecule has 0 radical (unpaired) electrons. The molecule has 1 aliphatic heterocycles. The van der Waals surface area contributed by atoms with Gasteiger partial charge in [-0.2, -0.15) is 5.10 Å². The lowest BCUT2D eigenvalue weighted by Crippen LogP contribution is -2.24. The van der Waals surface area contributed by atoms with Gasteiger partial charge in [0.25, 0.3) is 0 Å². The molecule has 2 N–H and O–H groups in total. The number of likely N-dealkylation sites (tertiary alicyclic amines) is 1. The fourth-order valence-electron chi connectivity index (χ4n) is 2.48. The Labute approximate surface area is 104 Å². The van der Waals surface area contributed by atoms with Gasteiger partial charge in [0, 0.05) is 18.7 Å². The SMILES string of the molecule is CC(C)n1nc(CN2CCCCCC2)cc1N. The second kappa shape index (κ2) is 5.54. The van der Waals surface area contributed by atoms with E-state index >= 15 is 0 Å². The zero-order valence-electron chi connectivity index (χ0n) is 11.0. The molecule has 0 unspecified atom stereocenters. The Balaban J connectivity index is 2.00. The van der Waals surface area contributed by atoms with Crippen LogP contribution in [0.3, 0.4) is 0 Å². The van der Waals surface area contributed by atoms with Crippen molar-refractivity contribution in [3.8, 4) is 0 Å². The number of nitrogens with two attached hydrogens (primary N) is 1. The second-order valence-corrected chi connectivity index (χ2v) is 5.29. The second-order valence-electron chi connectivity index (χ2n) is 5.29. The van der Waals surface area contributed by atoms with Crippen molar-refractivity contribution in [2.45, 2.75) is 52.1 Å². The highest BCUT2D eigenvalue weighted by molar-refractivity contribution is 5.31. The van der Waals surface area contributed by atoms with Crippen molar-refractivity contribution in [3.63, 3.8) is 0 Å². The third kappa shape index (κ3) is 3.22. The van der Waals surface area contributed by atoms with Crippen molar-refractivity contribution in [2.24, 2.45) is 0 Å². The van der Waals surface area contributed by atoms with Crippen molar-refractivity contribution >= 4 is 5.82 Å². The van der Waals surface area contributed by atoms with Crippen LogP contribution in [0.1, 0.15) is 51.3 Å². The van der Waals surface area contributed by atoms with E-state index in [0.29, 0.717) is 6.04 Å². The summed E-state index contributed by atoms with van der Waals surface area (Å²) in [5, 5.41) is 4.58. The molecule has 1 aliphatic rings. The van der Waals surface area contributed by atoms with Gasteiger partial charge in [0.15, 0.2) is 0 Å². The van der Waals surface area contributed by atoms with Crippen molar-refractivity contribution in [1.29, 1.82) is 0 Å². The normalized spacial score (nSPS) is 18.5. The van der Waals surface area contributed by atoms with E-state index in [1.807, 2.05) is 10.7 Å². The summed E-state index contributed by atoms with van der Waals surface area (Å²) in [7, 11) is 0. The number of nitrogen functional groups attached to an aromatic ring is 1. The van der Waals surface area contributed by atoms with Gasteiger partial charge in [-0.1, -0.05) is 12.8 Å². The molecule has 2 heterocycles. The Bertz CT molecular complexity index is 348. The molecule has 1 saturated heterocycles. The van der Waals surface area contributed by atoms with Gasteiger partial charge in [-0.05, 0) is 39.8 Å². The number of nitrogens with zero attached hydrogens (tertiary/aromatic N) is 3. The molecule has 0 aliphatic carbocycles. The number of anilines is 1. The van der Waals surface area contributed by atoms with E-state index < -0.39 is 0 Å². The quantitative estimate of drug-likeness (QED) is 0.876.